The highest BCUT2D eigenvalue weighted by atomic mass is 16.5. The van der Waals surface area contributed by atoms with Crippen LogP contribution in [0.2, 0.25) is 0 Å². The Hall–Kier alpha value is -6.13. The topological polar surface area (TPSA) is 44.8 Å². The van der Waals surface area contributed by atoms with E-state index in [1.165, 1.54) is 54.2 Å². The molecule has 50 heavy (non-hydrogen) atoms. The summed E-state index contributed by atoms with van der Waals surface area (Å²) in [6.07, 6.45) is 0. The van der Waals surface area contributed by atoms with Crippen molar-refractivity contribution in [3.8, 4) is 11.5 Å². The van der Waals surface area contributed by atoms with Crippen LogP contribution in [0.15, 0.2) is 146 Å². The van der Waals surface area contributed by atoms with Crippen LogP contribution in [-0.2, 0) is 24.6 Å². The third kappa shape index (κ3) is 5.90. The lowest BCUT2D eigenvalue weighted by atomic mass is 9.93. The van der Waals surface area contributed by atoms with Crippen molar-refractivity contribution in [1.82, 2.24) is 0 Å². The Kier molecular flexibility index (Phi) is 8.35. The van der Waals surface area contributed by atoms with E-state index in [9.17, 15) is 4.79 Å². The predicted molar refractivity (Wildman–Crippen MR) is 203 cm³/mol. The fraction of sp³-hybridized carbons (Fsp3) is 0.109. The molecule has 0 amide bonds. The van der Waals surface area contributed by atoms with Gasteiger partial charge in [0.1, 0.15) is 31.3 Å². The summed E-state index contributed by atoms with van der Waals surface area (Å²) in [4.78, 5) is 12.9. The lowest BCUT2D eigenvalue weighted by molar-refractivity contribution is 0.0472. The van der Waals surface area contributed by atoms with Crippen molar-refractivity contribution in [1.29, 1.82) is 0 Å². The van der Waals surface area contributed by atoms with Crippen molar-refractivity contribution in [3.63, 3.8) is 0 Å². The number of hydrogen-bond acceptors (Lipinski definition) is 4. The summed E-state index contributed by atoms with van der Waals surface area (Å²) >= 11 is 0. The van der Waals surface area contributed by atoms with Crippen molar-refractivity contribution < 1.29 is 19.0 Å². The van der Waals surface area contributed by atoms with E-state index in [4.69, 9.17) is 14.2 Å². The van der Waals surface area contributed by atoms with Crippen molar-refractivity contribution in [3.05, 3.63) is 179 Å². The first-order valence-electron chi connectivity index (χ1n) is 16.9. The molecule has 0 aromatic heterocycles. The highest BCUT2D eigenvalue weighted by molar-refractivity contribution is 6.06. The number of benzene rings is 8. The molecule has 0 aliphatic rings. The van der Waals surface area contributed by atoms with Crippen LogP contribution in [0, 0.1) is 13.8 Å². The quantitative estimate of drug-likeness (QED) is 0.115. The maximum Gasteiger partial charge on any atom is 0.338 e. The van der Waals surface area contributed by atoms with E-state index in [1.54, 1.807) is 12.1 Å². The number of carbonyl (C=O) groups excluding carboxylic acids is 1. The van der Waals surface area contributed by atoms with Crippen molar-refractivity contribution >= 4 is 49.1 Å². The Morgan fingerprint density at radius 3 is 1.20 bits per heavy atom. The zero-order valence-corrected chi connectivity index (χ0v) is 28.1. The molecule has 0 aliphatic heterocycles. The number of hydrogen-bond donors (Lipinski definition) is 0. The molecule has 0 radical (unpaired) electrons. The zero-order chi connectivity index (χ0) is 34.0. The number of carbonyl (C=O) groups is 1. The van der Waals surface area contributed by atoms with E-state index in [0.29, 0.717) is 30.3 Å². The molecule has 0 fully saturated rings. The van der Waals surface area contributed by atoms with Gasteiger partial charge in [0.15, 0.2) is 0 Å². The highest BCUT2D eigenvalue weighted by Gasteiger charge is 2.15. The minimum Gasteiger partial charge on any atom is -0.489 e. The fourth-order valence-electron chi connectivity index (χ4n) is 7.18. The summed E-state index contributed by atoms with van der Waals surface area (Å²) in [6.45, 7) is 5.16. The average Bonchev–Trinajstić information content (AvgIpc) is 3.17. The van der Waals surface area contributed by atoms with Gasteiger partial charge in [0.05, 0.1) is 5.56 Å². The van der Waals surface area contributed by atoms with Crippen LogP contribution in [0.3, 0.4) is 0 Å². The molecule has 4 heteroatoms. The van der Waals surface area contributed by atoms with E-state index in [0.717, 1.165) is 16.7 Å². The van der Waals surface area contributed by atoms with E-state index >= 15 is 0 Å². The molecule has 0 spiro atoms. The van der Waals surface area contributed by atoms with Gasteiger partial charge < -0.3 is 14.2 Å². The Morgan fingerprint density at radius 1 is 0.440 bits per heavy atom. The second-order valence-electron chi connectivity index (χ2n) is 12.7. The molecule has 244 valence electrons. The Balaban J connectivity index is 1.15. The van der Waals surface area contributed by atoms with Crippen LogP contribution in [0.5, 0.6) is 11.5 Å². The smallest absolute Gasteiger partial charge is 0.338 e. The SMILES string of the molecule is Cc1c2ccccc2c(COc2cc(COC(=O)c3ccccc3)cc(OCc3c4ccccc4c(C)c4ccccc34)c2)c2ccccc12. The average molecular weight is 653 g/mol. The molecular weight excluding hydrogens is 617 g/mol. The van der Waals surface area contributed by atoms with E-state index in [1.807, 2.05) is 36.4 Å². The molecule has 8 aromatic rings. The van der Waals surface area contributed by atoms with Gasteiger partial charge in [-0.05, 0) is 97.9 Å². The first-order valence-corrected chi connectivity index (χ1v) is 16.9. The van der Waals surface area contributed by atoms with Gasteiger partial charge in [-0.25, -0.2) is 4.79 Å². The third-order valence-corrected chi connectivity index (χ3v) is 9.71. The van der Waals surface area contributed by atoms with Crippen LogP contribution in [0.25, 0.3) is 43.1 Å². The normalized spacial score (nSPS) is 11.3. The number of ether oxygens (including phenoxy) is 3. The molecule has 8 rings (SSSR count). The highest BCUT2D eigenvalue weighted by Crippen LogP contribution is 2.36. The van der Waals surface area contributed by atoms with Crippen molar-refractivity contribution in [2.24, 2.45) is 0 Å². The molecule has 0 N–H and O–H groups in total. The fourth-order valence-corrected chi connectivity index (χ4v) is 7.18. The van der Waals surface area contributed by atoms with Gasteiger partial charge in [-0.3, -0.25) is 0 Å². The van der Waals surface area contributed by atoms with E-state index in [2.05, 4.69) is 111 Å². The van der Waals surface area contributed by atoms with Crippen LogP contribution >= 0.6 is 0 Å². The number of esters is 1. The largest absolute Gasteiger partial charge is 0.489 e. The van der Waals surface area contributed by atoms with Crippen LogP contribution in [-0.4, -0.2) is 5.97 Å². The summed E-state index contributed by atoms with van der Waals surface area (Å²) in [5, 5.41) is 9.55. The number of aryl methyl sites for hydroxylation is 2. The van der Waals surface area contributed by atoms with Gasteiger partial charge in [0, 0.05) is 17.2 Å². The lowest BCUT2D eigenvalue weighted by Gasteiger charge is -2.18. The van der Waals surface area contributed by atoms with Crippen molar-refractivity contribution in [2.75, 3.05) is 0 Å². The predicted octanol–water partition coefficient (Wildman–Crippen LogP) is 11.4. The Bertz CT molecular complexity index is 2270. The standard InChI is InChI=1S/C46H36O4/c1-30-36-16-6-10-20-40(36)44(41-21-11-7-17-37(30)41)28-48-34-24-32(27-50-46(47)33-14-4-3-5-15-33)25-35(26-34)49-29-45-42-22-12-8-18-38(42)31(2)39-19-9-13-23-43(39)45/h3-26H,27-29H2,1-2H3. The summed E-state index contributed by atoms with van der Waals surface area (Å²) in [7, 11) is 0. The Morgan fingerprint density at radius 2 is 0.800 bits per heavy atom. The maximum absolute atomic E-state index is 12.9. The molecule has 0 atom stereocenters. The summed E-state index contributed by atoms with van der Waals surface area (Å²) in [5.74, 6) is 0.899. The monoisotopic (exact) mass is 652 g/mol. The van der Waals surface area contributed by atoms with Gasteiger partial charge in [-0.2, -0.15) is 0 Å². The Labute approximate surface area is 291 Å². The first-order chi connectivity index (χ1) is 24.5. The van der Waals surface area contributed by atoms with Crippen LogP contribution in [0.4, 0.5) is 0 Å². The molecule has 4 nitrogen and oxygen atoms in total. The molecule has 0 aliphatic carbocycles. The van der Waals surface area contributed by atoms with Crippen molar-refractivity contribution in [2.45, 2.75) is 33.7 Å². The molecule has 0 saturated carbocycles. The van der Waals surface area contributed by atoms with E-state index in [-0.39, 0.29) is 12.6 Å². The second-order valence-corrected chi connectivity index (χ2v) is 12.7. The lowest BCUT2D eigenvalue weighted by Crippen LogP contribution is -2.06. The van der Waals surface area contributed by atoms with Crippen LogP contribution < -0.4 is 9.47 Å². The zero-order valence-electron chi connectivity index (χ0n) is 28.1. The molecule has 0 bridgehead atoms. The summed E-state index contributed by atoms with van der Waals surface area (Å²) in [5.41, 5.74) is 6.06. The third-order valence-electron chi connectivity index (χ3n) is 9.71. The maximum atomic E-state index is 12.9. The molecule has 0 saturated heterocycles. The minimum absolute atomic E-state index is 0.0775. The van der Waals surface area contributed by atoms with Gasteiger partial charge in [-0.1, -0.05) is 115 Å². The first kappa shape index (κ1) is 31.2. The van der Waals surface area contributed by atoms with E-state index < -0.39 is 0 Å². The minimum atomic E-state index is -0.380. The summed E-state index contributed by atoms with van der Waals surface area (Å²) < 4.78 is 19.0. The molecule has 8 aromatic carbocycles. The van der Waals surface area contributed by atoms with Crippen LogP contribution in [0.1, 0.15) is 38.2 Å². The molecule has 0 unspecified atom stereocenters. The van der Waals surface area contributed by atoms with Gasteiger partial charge in [0.25, 0.3) is 0 Å². The second kappa shape index (κ2) is 13.4. The van der Waals surface area contributed by atoms with Gasteiger partial charge in [-0.15, -0.1) is 0 Å². The number of rotatable bonds is 9. The molecular formula is C46H36O4. The van der Waals surface area contributed by atoms with Gasteiger partial charge in [0.2, 0.25) is 0 Å². The molecule has 0 heterocycles. The van der Waals surface area contributed by atoms with Gasteiger partial charge >= 0.3 is 5.97 Å². The summed E-state index contributed by atoms with van der Waals surface area (Å²) in [6, 6.07) is 48.8. The number of fused-ring (bicyclic) bond motifs is 4.